The molecule has 7 heteroatoms. The van der Waals surface area contributed by atoms with Crippen LogP contribution in [0.15, 0.2) is 90.1 Å². The fraction of sp³-hybridized carbons (Fsp3) is 0.192. The first kappa shape index (κ1) is 23.1. The molecule has 1 atom stereocenters. The Hall–Kier alpha value is -3.09. The van der Waals surface area contributed by atoms with Crippen molar-refractivity contribution in [2.45, 2.75) is 30.4 Å². The number of hydrogen-bond acceptors (Lipinski definition) is 4. The van der Waals surface area contributed by atoms with Crippen LogP contribution in [0.25, 0.3) is 11.4 Å². The van der Waals surface area contributed by atoms with E-state index in [0.29, 0.717) is 29.1 Å². The second kappa shape index (κ2) is 10.7. The van der Waals surface area contributed by atoms with Crippen molar-refractivity contribution in [3.8, 4) is 11.4 Å². The van der Waals surface area contributed by atoms with Crippen molar-refractivity contribution in [2.24, 2.45) is 7.05 Å². The van der Waals surface area contributed by atoms with Crippen LogP contribution in [0.4, 0.5) is 0 Å². The Morgan fingerprint density at radius 2 is 1.45 bits per heavy atom. The van der Waals surface area contributed by atoms with Crippen LogP contribution in [0.2, 0.25) is 5.02 Å². The molecule has 4 rings (SSSR count). The monoisotopic (exact) mass is 476 g/mol. The van der Waals surface area contributed by atoms with E-state index in [4.69, 9.17) is 11.6 Å². The Labute approximate surface area is 203 Å². The van der Waals surface area contributed by atoms with Gasteiger partial charge in [-0.2, -0.15) is 0 Å². The molecule has 0 saturated carbocycles. The summed E-state index contributed by atoms with van der Waals surface area (Å²) in [6.45, 7) is 3.01. The molecule has 5 nitrogen and oxygen atoms in total. The molecular formula is C26H25ClN4OS. The van der Waals surface area contributed by atoms with E-state index in [1.54, 1.807) is 0 Å². The van der Waals surface area contributed by atoms with Gasteiger partial charge in [-0.15, -0.1) is 10.2 Å². The fourth-order valence-corrected chi connectivity index (χ4v) is 4.70. The summed E-state index contributed by atoms with van der Waals surface area (Å²) < 4.78 is 1.88. The van der Waals surface area contributed by atoms with Crippen LogP contribution in [0.1, 0.15) is 18.1 Å². The van der Waals surface area contributed by atoms with E-state index in [0.717, 1.165) is 16.7 Å². The van der Waals surface area contributed by atoms with Gasteiger partial charge >= 0.3 is 0 Å². The molecule has 0 bridgehead atoms. The molecule has 0 fully saturated rings. The molecule has 0 aliphatic carbocycles. The molecule has 0 aliphatic heterocycles. The SMILES string of the molecule is CC(Sc1nnc(-c2ccccc2Cl)n1C)C(=O)N(Cc1ccccc1)Cc1ccccc1. The normalized spacial score (nSPS) is 11.8. The Bertz CT molecular complexity index is 1170. The Morgan fingerprint density at radius 1 is 0.909 bits per heavy atom. The minimum absolute atomic E-state index is 0.0509. The molecule has 3 aromatic carbocycles. The van der Waals surface area contributed by atoms with Crippen LogP contribution in [0, 0.1) is 0 Å². The molecule has 1 aromatic heterocycles. The number of thioether (sulfide) groups is 1. The first-order chi connectivity index (χ1) is 16.0. The Balaban J connectivity index is 1.53. The third-order valence-electron chi connectivity index (χ3n) is 5.32. The minimum atomic E-state index is -0.334. The maximum absolute atomic E-state index is 13.5. The molecule has 168 valence electrons. The summed E-state index contributed by atoms with van der Waals surface area (Å²) in [4.78, 5) is 15.4. The lowest BCUT2D eigenvalue weighted by Crippen LogP contribution is -2.35. The molecule has 1 heterocycles. The predicted octanol–water partition coefficient (Wildman–Crippen LogP) is 5.85. The highest BCUT2D eigenvalue weighted by Crippen LogP contribution is 2.30. The van der Waals surface area contributed by atoms with Gasteiger partial charge in [0, 0.05) is 25.7 Å². The molecule has 0 aliphatic rings. The van der Waals surface area contributed by atoms with E-state index < -0.39 is 0 Å². The predicted molar refractivity (Wildman–Crippen MR) is 134 cm³/mol. The van der Waals surface area contributed by atoms with Crippen LogP contribution in [-0.4, -0.2) is 30.8 Å². The van der Waals surface area contributed by atoms with E-state index in [9.17, 15) is 4.79 Å². The zero-order valence-corrected chi connectivity index (χ0v) is 20.1. The molecular weight excluding hydrogens is 452 g/mol. The highest BCUT2D eigenvalue weighted by Gasteiger charge is 2.25. The van der Waals surface area contributed by atoms with Gasteiger partial charge in [0.05, 0.1) is 10.3 Å². The molecule has 0 N–H and O–H groups in total. The van der Waals surface area contributed by atoms with Gasteiger partial charge in [0.2, 0.25) is 5.91 Å². The maximum Gasteiger partial charge on any atom is 0.236 e. The van der Waals surface area contributed by atoms with E-state index in [2.05, 4.69) is 10.2 Å². The lowest BCUT2D eigenvalue weighted by atomic mass is 10.1. The summed E-state index contributed by atoms with van der Waals surface area (Å²) in [6, 6.07) is 27.7. The third-order valence-corrected chi connectivity index (χ3v) is 6.77. The highest BCUT2D eigenvalue weighted by molar-refractivity contribution is 8.00. The maximum atomic E-state index is 13.5. The van der Waals surface area contributed by atoms with Gasteiger partial charge in [0.25, 0.3) is 0 Å². The van der Waals surface area contributed by atoms with Crippen molar-refractivity contribution < 1.29 is 4.79 Å². The van der Waals surface area contributed by atoms with E-state index >= 15 is 0 Å². The molecule has 0 radical (unpaired) electrons. The molecule has 4 aromatic rings. The number of nitrogens with zero attached hydrogens (tertiary/aromatic N) is 4. The van der Waals surface area contributed by atoms with Gasteiger partial charge in [-0.05, 0) is 30.2 Å². The number of hydrogen-bond donors (Lipinski definition) is 0. The molecule has 1 amide bonds. The molecule has 0 saturated heterocycles. The molecule has 1 unspecified atom stereocenters. The highest BCUT2D eigenvalue weighted by atomic mass is 35.5. The number of carbonyl (C=O) groups excluding carboxylic acids is 1. The van der Waals surface area contributed by atoms with Crippen LogP contribution in [-0.2, 0) is 24.9 Å². The summed E-state index contributed by atoms with van der Waals surface area (Å²) in [6.07, 6.45) is 0. The van der Waals surface area contributed by atoms with Crippen LogP contribution < -0.4 is 0 Å². The smallest absolute Gasteiger partial charge is 0.236 e. The zero-order chi connectivity index (χ0) is 23.2. The molecule has 33 heavy (non-hydrogen) atoms. The van der Waals surface area contributed by atoms with Crippen molar-refractivity contribution in [3.63, 3.8) is 0 Å². The molecule has 0 spiro atoms. The minimum Gasteiger partial charge on any atom is -0.333 e. The Morgan fingerprint density at radius 3 is 2.03 bits per heavy atom. The van der Waals surface area contributed by atoms with Crippen molar-refractivity contribution in [2.75, 3.05) is 0 Å². The van der Waals surface area contributed by atoms with Gasteiger partial charge in [-0.3, -0.25) is 4.79 Å². The topological polar surface area (TPSA) is 51.0 Å². The summed E-state index contributed by atoms with van der Waals surface area (Å²) in [5, 5.41) is 9.61. The van der Waals surface area contributed by atoms with Gasteiger partial charge < -0.3 is 9.47 Å². The Kier molecular flexibility index (Phi) is 7.47. The number of benzene rings is 3. The summed E-state index contributed by atoms with van der Waals surface area (Å²) in [7, 11) is 1.89. The first-order valence-electron chi connectivity index (χ1n) is 10.7. The number of amides is 1. The van der Waals surface area contributed by atoms with Gasteiger partial charge in [0.15, 0.2) is 11.0 Å². The summed E-state index contributed by atoms with van der Waals surface area (Å²) in [5.41, 5.74) is 3.01. The van der Waals surface area contributed by atoms with E-state index in [-0.39, 0.29) is 11.2 Å². The number of carbonyl (C=O) groups is 1. The van der Waals surface area contributed by atoms with Gasteiger partial charge in [-0.1, -0.05) is 96.2 Å². The van der Waals surface area contributed by atoms with Crippen LogP contribution in [0.3, 0.4) is 0 Å². The quantitative estimate of drug-likeness (QED) is 0.299. The van der Waals surface area contributed by atoms with Crippen LogP contribution in [0.5, 0.6) is 0 Å². The zero-order valence-electron chi connectivity index (χ0n) is 18.6. The van der Waals surface area contributed by atoms with Gasteiger partial charge in [0.1, 0.15) is 0 Å². The average Bonchev–Trinajstić information content (AvgIpc) is 3.19. The number of rotatable bonds is 8. The average molecular weight is 477 g/mol. The second-order valence-corrected chi connectivity index (χ2v) is 9.49. The fourth-order valence-electron chi connectivity index (χ4n) is 3.58. The summed E-state index contributed by atoms with van der Waals surface area (Å²) in [5.74, 6) is 0.725. The first-order valence-corrected chi connectivity index (χ1v) is 12.0. The van der Waals surface area contributed by atoms with Gasteiger partial charge in [-0.25, -0.2) is 0 Å². The lowest BCUT2D eigenvalue weighted by Gasteiger charge is -2.26. The van der Waals surface area contributed by atoms with E-state index in [1.807, 2.05) is 108 Å². The summed E-state index contributed by atoms with van der Waals surface area (Å²) >= 11 is 7.75. The number of halogens is 1. The van der Waals surface area contributed by atoms with E-state index in [1.165, 1.54) is 11.8 Å². The standard InChI is InChI=1S/C26H25ClN4OS/c1-19(33-26-29-28-24(30(26)2)22-15-9-10-16-23(22)27)25(32)31(17-20-11-5-3-6-12-20)18-21-13-7-4-8-14-21/h3-16,19H,17-18H2,1-2H3. The number of aromatic nitrogens is 3. The van der Waals surface area contributed by atoms with Crippen molar-refractivity contribution >= 4 is 29.3 Å². The van der Waals surface area contributed by atoms with Crippen molar-refractivity contribution in [1.29, 1.82) is 0 Å². The van der Waals surface area contributed by atoms with Crippen molar-refractivity contribution in [1.82, 2.24) is 19.7 Å². The third kappa shape index (κ3) is 5.64. The van der Waals surface area contributed by atoms with Crippen molar-refractivity contribution in [3.05, 3.63) is 101 Å². The van der Waals surface area contributed by atoms with Crippen LogP contribution >= 0.6 is 23.4 Å². The second-order valence-electron chi connectivity index (χ2n) is 7.77. The largest absolute Gasteiger partial charge is 0.333 e. The lowest BCUT2D eigenvalue weighted by molar-refractivity contribution is -0.131.